The third-order valence-electron chi connectivity index (χ3n) is 5.16. The fourth-order valence-electron chi connectivity index (χ4n) is 3.41. The molecule has 0 bridgehead atoms. The summed E-state index contributed by atoms with van der Waals surface area (Å²) in [4.78, 5) is 37.4. The molecule has 0 aliphatic carbocycles. The third-order valence-corrected chi connectivity index (χ3v) is 5.16. The Morgan fingerprint density at radius 3 is 1.62 bits per heavy atom. The van der Waals surface area contributed by atoms with Gasteiger partial charge in [-0.05, 0) is 36.4 Å². The Morgan fingerprint density at radius 2 is 1.12 bits per heavy atom. The second kappa shape index (κ2) is 10.7. The molecule has 8 heteroatoms. The first-order valence-corrected chi connectivity index (χ1v) is 10.6. The predicted molar refractivity (Wildman–Crippen MR) is 119 cm³/mol. The van der Waals surface area contributed by atoms with Gasteiger partial charge in [-0.25, -0.2) is 14.4 Å². The van der Waals surface area contributed by atoms with Gasteiger partial charge in [0.05, 0.1) is 16.7 Å². The lowest BCUT2D eigenvalue weighted by molar-refractivity contribution is -0.139. The monoisotopic (exact) mass is 462 g/mol. The largest absolute Gasteiger partial charge is 0.459 e. The zero-order valence-electron chi connectivity index (χ0n) is 18.0. The minimum atomic E-state index is -1.50. The number of rotatable bonds is 7. The highest BCUT2D eigenvalue weighted by Crippen LogP contribution is 2.27. The molecule has 1 fully saturated rings. The molecule has 3 aromatic carbocycles. The summed E-state index contributed by atoms with van der Waals surface area (Å²) in [5.41, 5.74) is 0.848. The molecule has 1 N–H and O–H groups in total. The third kappa shape index (κ3) is 5.48. The van der Waals surface area contributed by atoms with E-state index in [1.807, 2.05) is 0 Å². The molecular weight excluding hydrogens is 440 g/mol. The van der Waals surface area contributed by atoms with Crippen molar-refractivity contribution in [1.29, 1.82) is 0 Å². The molecule has 0 aromatic heterocycles. The summed E-state index contributed by atoms with van der Waals surface area (Å²) in [6.07, 6.45) is -5.24. The number of carbonyl (C=O) groups is 3. The van der Waals surface area contributed by atoms with Crippen molar-refractivity contribution < 1.29 is 38.4 Å². The molecular formula is C26H22O8. The van der Waals surface area contributed by atoms with Crippen molar-refractivity contribution in [3.8, 4) is 0 Å². The first-order valence-electron chi connectivity index (χ1n) is 10.6. The van der Waals surface area contributed by atoms with E-state index in [2.05, 4.69) is 0 Å². The SMILES string of the molecule is O=C(OC[C@H]1O[C@@H](OC(=O)c2ccccc2)C(O)C1OC(=O)c1ccccc1)c1ccccc1. The molecule has 0 amide bonds. The molecule has 0 radical (unpaired) electrons. The molecule has 1 saturated heterocycles. The van der Waals surface area contributed by atoms with E-state index in [-0.39, 0.29) is 17.7 Å². The number of benzene rings is 3. The van der Waals surface area contributed by atoms with Gasteiger partial charge in [-0.15, -0.1) is 0 Å². The molecule has 0 spiro atoms. The number of ether oxygens (including phenoxy) is 4. The van der Waals surface area contributed by atoms with Crippen LogP contribution in [0, 0.1) is 0 Å². The van der Waals surface area contributed by atoms with E-state index >= 15 is 0 Å². The average Bonchev–Trinajstić information content (AvgIpc) is 3.17. The zero-order valence-corrected chi connectivity index (χ0v) is 18.0. The molecule has 34 heavy (non-hydrogen) atoms. The van der Waals surface area contributed by atoms with Crippen molar-refractivity contribution in [3.05, 3.63) is 108 Å². The smallest absolute Gasteiger partial charge is 0.340 e. The zero-order chi connectivity index (χ0) is 23.9. The van der Waals surface area contributed by atoms with Crippen LogP contribution in [0.4, 0.5) is 0 Å². The highest BCUT2D eigenvalue weighted by atomic mass is 16.7. The number of aliphatic hydroxyl groups excluding tert-OH is 1. The van der Waals surface area contributed by atoms with Crippen LogP contribution in [0.5, 0.6) is 0 Å². The molecule has 1 heterocycles. The second-order valence-corrected chi connectivity index (χ2v) is 7.51. The Labute approximate surface area is 195 Å². The fourth-order valence-corrected chi connectivity index (χ4v) is 3.41. The van der Waals surface area contributed by atoms with Gasteiger partial charge in [0, 0.05) is 0 Å². The van der Waals surface area contributed by atoms with Crippen molar-refractivity contribution in [2.24, 2.45) is 0 Å². The summed E-state index contributed by atoms with van der Waals surface area (Å²) in [7, 11) is 0. The molecule has 0 saturated carbocycles. The Hall–Kier alpha value is -4.01. The number of hydrogen-bond acceptors (Lipinski definition) is 8. The summed E-state index contributed by atoms with van der Waals surface area (Å²) in [5, 5.41) is 10.8. The van der Waals surface area contributed by atoms with Crippen LogP contribution in [-0.2, 0) is 18.9 Å². The molecule has 8 nitrogen and oxygen atoms in total. The lowest BCUT2D eigenvalue weighted by Gasteiger charge is -2.20. The van der Waals surface area contributed by atoms with E-state index in [9.17, 15) is 19.5 Å². The van der Waals surface area contributed by atoms with Gasteiger partial charge in [0.25, 0.3) is 0 Å². The number of esters is 3. The van der Waals surface area contributed by atoms with Crippen LogP contribution in [0.1, 0.15) is 31.1 Å². The van der Waals surface area contributed by atoms with Crippen LogP contribution in [0.25, 0.3) is 0 Å². The van der Waals surface area contributed by atoms with Gasteiger partial charge >= 0.3 is 17.9 Å². The first-order chi connectivity index (χ1) is 16.5. The standard InChI is InChI=1S/C26H22O8/c27-21-22(33-24(29)18-12-6-2-7-13-18)20(16-31-23(28)17-10-4-1-5-11-17)32-26(21)34-25(30)19-14-8-3-9-15-19/h1-15,20-22,26-27H,16H2/t20-,21?,22?,26+/m1/s1. The summed E-state index contributed by atoms with van der Waals surface area (Å²) in [5.74, 6) is -2.04. The van der Waals surface area contributed by atoms with E-state index in [0.717, 1.165) is 0 Å². The minimum Gasteiger partial charge on any atom is -0.459 e. The number of hydrogen-bond donors (Lipinski definition) is 1. The molecule has 4 atom stereocenters. The van der Waals surface area contributed by atoms with Gasteiger partial charge < -0.3 is 24.1 Å². The summed E-state index contributed by atoms with van der Waals surface area (Å²) in [6, 6.07) is 24.7. The van der Waals surface area contributed by atoms with E-state index in [1.54, 1.807) is 91.0 Å². The van der Waals surface area contributed by atoms with Gasteiger partial charge in [-0.2, -0.15) is 0 Å². The Balaban J connectivity index is 1.47. The summed E-state index contributed by atoms with van der Waals surface area (Å²) in [6.45, 7) is -0.336. The second-order valence-electron chi connectivity index (χ2n) is 7.51. The van der Waals surface area contributed by atoms with Crippen LogP contribution in [-0.4, -0.2) is 54.2 Å². The van der Waals surface area contributed by atoms with Gasteiger partial charge in [-0.1, -0.05) is 54.6 Å². The Morgan fingerprint density at radius 1 is 0.676 bits per heavy atom. The van der Waals surface area contributed by atoms with Crippen molar-refractivity contribution in [1.82, 2.24) is 0 Å². The van der Waals surface area contributed by atoms with Crippen molar-refractivity contribution in [3.63, 3.8) is 0 Å². The van der Waals surface area contributed by atoms with Crippen molar-refractivity contribution >= 4 is 17.9 Å². The van der Waals surface area contributed by atoms with Crippen molar-refractivity contribution in [2.75, 3.05) is 6.61 Å². The Kier molecular flexibility index (Phi) is 7.31. The number of aliphatic hydroxyl groups is 1. The first kappa shape index (κ1) is 23.2. The van der Waals surface area contributed by atoms with Gasteiger partial charge in [0.1, 0.15) is 12.7 Å². The van der Waals surface area contributed by atoms with Gasteiger partial charge in [0.2, 0.25) is 6.29 Å². The maximum Gasteiger partial charge on any atom is 0.340 e. The van der Waals surface area contributed by atoms with E-state index in [1.165, 1.54) is 0 Å². The van der Waals surface area contributed by atoms with E-state index < -0.39 is 42.5 Å². The fraction of sp³-hybridized carbons (Fsp3) is 0.192. The molecule has 4 rings (SSSR count). The molecule has 174 valence electrons. The highest BCUT2D eigenvalue weighted by molar-refractivity contribution is 5.90. The maximum atomic E-state index is 12.6. The van der Waals surface area contributed by atoms with Gasteiger partial charge in [-0.3, -0.25) is 0 Å². The van der Waals surface area contributed by atoms with Crippen molar-refractivity contribution in [2.45, 2.75) is 24.6 Å². The number of carbonyl (C=O) groups excluding carboxylic acids is 3. The van der Waals surface area contributed by atoms with Crippen LogP contribution in [0.3, 0.4) is 0 Å². The van der Waals surface area contributed by atoms with Crippen LogP contribution < -0.4 is 0 Å². The quantitative estimate of drug-likeness (QED) is 0.422. The van der Waals surface area contributed by atoms with Gasteiger partial charge in [0.15, 0.2) is 12.2 Å². The Bertz CT molecular complexity index is 1120. The topological polar surface area (TPSA) is 108 Å². The molecule has 2 unspecified atom stereocenters. The summed E-state index contributed by atoms with van der Waals surface area (Å²) < 4.78 is 21.8. The normalized spacial score (nSPS) is 21.4. The predicted octanol–water partition coefficient (Wildman–Crippen LogP) is 3.01. The minimum absolute atomic E-state index is 0.259. The van der Waals surface area contributed by atoms with E-state index in [0.29, 0.717) is 5.56 Å². The highest BCUT2D eigenvalue weighted by Gasteiger charge is 2.49. The lowest BCUT2D eigenvalue weighted by Crippen LogP contribution is -2.40. The molecule has 3 aromatic rings. The average molecular weight is 462 g/mol. The lowest BCUT2D eigenvalue weighted by atomic mass is 10.1. The maximum absolute atomic E-state index is 12.6. The van der Waals surface area contributed by atoms with Crippen LogP contribution >= 0.6 is 0 Å². The molecule has 1 aliphatic heterocycles. The summed E-state index contributed by atoms with van der Waals surface area (Å²) >= 11 is 0. The molecule has 1 aliphatic rings. The van der Waals surface area contributed by atoms with Crippen LogP contribution in [0.15, 0.2) is 91.0 Å². The van der Waals surface area contributed by atoms with E-state index in [4.69, 9.17) is 18.9 Å². The van der Waals surface area contributed by atoms with Crippen LogP contribution in [0.2, 0.25) is 0 Å².